The number of nitrogens with zero attached hydrogens (tertiary/aromatic N) is 3. The van der Waals surface area contributed by atoms with E-state index in [4.69, 9.17) is 28.2 Å². The fourth-order valence-corrected chi connectivity index (χ4v) is 8.31. The third kappa shape index (κ3) is 4.46. The molecule has 4 aromatic heterocycles. The minimum Gasteiger partial charge on any atom is -0.456 e. The largest absolute Gasteiger partial charge is 0.456 e. The third-order valence-electron chi connectivity index (χ3n) is 10.7. The molecule has 0 aliphatic heterocycles. The van der Waals surface area contributed by atoms with E-state index in [0.717, 1.165) is 104 Å². The van der Waals surface area contributed by atoms with E-state index < -0.39 is 0 Å². The fraction of sp³-hybridized carbons (Fsp3) is 0. The van der Waals surface area contributed by atoms with E-state index in [2.05, 4.69) is 78.9 Å². The molecule has 4 heterocycles. The van der Waals surface area contributed by atoms with Gasteiger partial charge >= 0.3 is 0 Å². The number of benzene rings is 8. The van der Waals surface area contributed by atoms with E-state index in [9.17, 15) is 0 Å². The Morgan fingerprint density at radius 2 is 0.818 bits per heavy atom. The summed E-state index contributed by atoms with van der Waals surface area (Å²) in [6, 6.07) is 55.5. The van der Waals surface area contributed by atoms with Crippen molar-refractivity contribution in [1.29, 1.82) is 0 Å². The maximum atomic E-state index is 6.86. The topological polar surface area (TPSA) is 78.1 Å². The van der Waals surface area contributed by atoms with Gasteiger partial charge in [-0.1, -0.05) is 133 Å². The molecule has 0 aliphatic rings. The second-order valence-electron chi connectivity index (χ2n) is 13.9. The van der Waals surface area contributed by atoms with E-state index in [0.29, 0.717) is 17.5 Å². The lowest BCUT2D eigenvalue weighted by molar-refractivity contribution is 0.669. The van der Waals surface area contributed by atoms with Gasteiger partial charge < -0.3 is 13.3 Å². The first kappa shape index (κ1) is 29.9. The zero-order valence-corrected chi connectivity index (χ0v) is 29.2. The van der Waals surface area contributed by atoms with Crippen LogP contribution in [-0.2, 0) is 0 Å². The number of hydrogen-bond donors (Lipinski definition) is 0. The number of hydrogen-bond acceptors (Lipinski definition) is 6. The minimum absolute atomic E-state index is 0.557. The normalized spacial score (nSPS) is 12.0. The molecule has 0 saturated heterocycles. The van der Waals surface area contributed by atoms with Crippen LogP contribution in [-0.4, -0.2) is 15.0 Å². The first-order valence-corrected chi connectivity index (χ1v) is 18.3. The van der Waals surface area contributed by atoms with Crippen LogP contribution in [0.2, 0.25) is 0 Å². The average Bonchev–Trinajstić information content (AvgIpc) is 3.95. The molecule has 256 valence electrons. The van der Waals surface area contributed by atoms with Crippen molar-refractivity contribution in [1.82, 2.24) is 15.0 Å². The van der Waals surface area contributed by atoms with Crippen molar-refractivity contribution < 1.29 is 13.3 Å². The molecule has 12 rings (SSSR count). The summed E-state index contributed by atoms with van der Waals surface area (Å²) < 4.78 is 19.7. The molecule has 0 fully saturated rings. The van der Waals surface area contributed by atoms with Crippen molar-refractivity contribution in [2.75, 3.05) is 0 Å². The first-order chi connectivity index (χ1) is 27.3. The highest BCUT2D eigenvalue weighted by Gasteiger charge is 2.23. The Balaban J connectivity index is 1.13. The zero-order chi connectivity index (χ0) is 36.0. The highest BCUT2D eigenvalue weighted by Crippen LogP contribution is 2.46. The molecule has 0 bridgehead atoms. The molecule has 0 aliphatic carbocycles. The standard InChI is InChI=1S/C49H27N3O3/c1-2-13-28(14-3-1)47-50-48(35-21-11-25-40-42(35)32-17-6-8-23-38(32)53-40)52-49(51-47)36-22-12-26-41-43(36)34-20-10-19-31(45(34)55-41)37-27-29-15-4-5-16-30(29)46-44(37)33-18-7-9-24-39(33)54-46/h1-27H. The van der Waals surface area contributed by atoms with Gasteiger partial charge in [0, 0.05) is 60.0 Å². The number of fused-ring (bicyclic) bond motifs is 11. The van der Waals surface area contributed by atoms with Gasteiger partial charge in [0.05, 0.1) is 0 Å². The van der Waals surface area contributed by atoms with Crippen LogP contribution in [0.15, 0.2) is 177 Å². The molecule has 0 spiro atoms. The Kier molecular flexibility index (Phi) is 6.24. The molecule has 55 heavy (non-hydrogen) atoms. The van der Waals surface area contributed by atoms with Crippen LogP contribution >= 0.6 is 0 Å². The summed E-state index contributed by atoms with van der Waals surface area (Å²) in [6.07, 6.45) is 0. The van der Waals surface area contributed by atoms with Gasteiger partial charge in [0.15, 0.2) is 17.5 Å². The summed E-state index contributed by atoms with van der Waals surface area (Å²) >= 11 is 0. The highest BCUT2D eigenvalue weighted by molar-refractivity contribution is 6.24. The minimum atomic E-state index is 0.557. The van der Waals surface area contributed by atoms with Crippen LogP contribution < -0.4 is 0 Å². The molecule has 0 radical (unpaired) electrons. The van der Waals surface area contributed by atoms with Gasteiger partial charge in [-0.2, -0.15) is 0 Å². The van der Waals surface area contributed by atoms with E-state index in [-0.39, 0.29) is 0 Å². The quantitative estimate of drug-likeness (QED) is 0.181. The molecule has 6 nitrogen and oxygen atoms in total. The Hall–Kier alpha value is -7.57. The lowest BCUT2D eigenvalue weighted by atomic mass is 9.94. The lowest BCUT2D eigenvalue weighted by Gasteiger charge is -2.10. The first-order valence-electron chi connectivity index (χ1n) is 18.3. The van der Waals surface area contributed by atoms with Crippen LogP contribution in [0.25, 0.3) is 122 Å². The van der Waals surface area contributed by atoms with E-state index >= 15 is 0 Å². The Bertz CT molecular complexity index is 3500. The van der Waals surface area contributed by atoms with Gasteiger partial charge in [-0.15, -0.1) is 0 Å². The monoisotopic (exact) mass is 705 g/mol. The molecule has 0 amide bonds. The van der Waals surface area contributed by atoms with Crippen molar-refractivity contribution in [2.24, 2.45) is 0 Å². The summed E-state index contributed by atoms with van der Waals surface area (Å²) in [6.45, 7) is 0. The molecule has 0 N–H and O–H groups in total. The molecule has 6 heteroatoms. The zero-order valence-electron chi connectivity index (χ0n) is 29.2. The predicted octanol–water partition coefficient (Wildman–Crippen LogP) is 13.4. The van der Waals surface area contributed by atoms with E-state index in [1.54, 1.807) is 0 Å². The number of aromatic nitrogens is 3. The summed E-state index contributed by atoms with van der Waals surface area (Å²) in [5.41, 5.74) is 9.54. The van der Waals surface area contributed by atoms with Gasteiger partial charge in [0.25, 0.3) is 0 Å². The molecular formula is C49H27N3O3. The third-order valence-corrected chi connectivity index (χ3v) is 10.7. The van der Waals surface area contributed by atoms with Crippen molar-refractivity contribution in [2.45, 2.75) is 0 Å². The number of rotatable bonds is 4. The van der Waals surface area contributed by atoms with Crippen molar-refractivity contribution in [3.05, 3.63) is 164 Å². The smallest absolute Gasteiger partial charge is 0.164 e. The molecule has 8 aromatic carbocycles. The summed E-state index contributed by atoms with van der Waals surface area (Å²) in [5, 5.41) is 8.22. The molecule has 0 saturated carbocycles. The van der Waals surface area contributed by atoms with Crippen molar-refractivity contribution in [3.8, 4) is 45.3 Å². The molecular weight excluding hydrogens is 679 g/mol. The fourth-order valence-electron chi connectivity index (χ4n) is 8.31. The summed E-state index contributed by atoms with van der Waals surface area (Å²) in [5.74, 6) is 1.71. The van der Waals surface area contributed by atoms with Crippen LogP contribution in [0.4, 0.5) is 0 Å². The summed E-state index contributed by atoms with van der Waals surface area (Å²) in [7, 11) is 0. The SMILES string of the molecule is c1ccc(-c2nc(-c3cccc4oc5ccccc5c34)nc(-c3cccc4oc5c(-c6cc7ccccc7c7oc8ccccc8c67)cccc5c34)n2)cc1. The van der Waals surface area contributed by atoms with Crippen LogP contribution in [0, 0.1) is 0 Å². The second-order valence-corrected chi connectivity index (χ2v) is 13.9. The maximum Gasteiger partial charge on any atom is 0.164 e. The maximum absolute atomic E-state index is 6.86. The molecule has 0 atom stereocenters. The highest BCUT2D eigenvalue weighted by atomic mass is 16.3. The van der Waals surface area contributed by atoms with Gasteiger partial charge in [0.1, 0.15) is 33.5 Å². The predicted molar refractivity (Wildman–Crippen MR) is 221 cm³/mol. The van der Waals surface area contributed by atoms with Crippen LogP contribution in [0.5, 0.6) is 0 Å². The van der Waals surface area contributed by atoms with Crippen molar-refractivity contribution in [3.63, 3.8) is 0 Å². The number of para-hydroxylation sites is 3. The average molecular weight is 706 g/mol. The molecule has 12 aromatic rings. The Morgan fingerprint density at radius 3 is 1.58 bits per heavy atom. The lowest BCUT2D eigenvalue weighted by Crippen LogP contribution is -2.00. The Morgan fingerprint density at radius 1 is 0.309 bits per heavy atom. The van der Waals surface area contributed by atoms with E-state index in [1.807, 2.05) is 84.9 Å². The van der Waals surface area contributed by atoms with Gasteiger partial charge in [0.2, 0.25) is 0 Å². The van der Waals surface area contributed by atoms with Gasteiger partial charge in [-0.3, -0.25) is 0 Å². The van der Waals surface area contributed by atoms with E-state index in [1.165, 1.54) is 0 Å². The Labute approximate surface area is 312 Å². The molecule has 0 unspecified atom stereocenters. The summed E-state index contributed by atoms with van der Waals surface area (Å²) in [4.78, 5) is 15.5. The number of furan rings is 3. The van der Waals surface area contributed by atoms with Crippen molar-refractivity contribution >= 4 is 76.6 Å². The second kappa shape index (κ2) is 11.5. The van der Waals surface area contributed by atoms with Crippen LogP contribution in [0.3, 0.4) is 0 Å². The van der Waals surface area contributed by atoms with Gasteiger partial charge in [-0.05, 0) is 41.3 Å². The van der Waals surface area contributed by atoms with Crippen LogP contribution in [0.1, 0.15) is 0 Å². The van der Waals surface area contributed by atoms with Gasteiger partial charge in [-0.25, -0.2) is 15.0 Å².